The van der Waals surface area contributed by atoms with E-state index >= 15 is 0 Å². The lowest BCUT2D eigenvalue weighted by Crippen LogP contribution is -2.36. The Morgan fingerprint density at radius 3 is 2.39 bits per heavy atom. The van der Waals surface area contributed by atoms with Crippen molar-refractivity contribution in [3.63, 3.8) is 0 Å². The first-order valence-electron chi connectivity index (χ1n) is 10.1. The molecule has 0 radical (unpaired) electrons. The van der Waals surface area contributed by atoms with Crippen molar-refractivity contribution in [3.8, 4) is 17.2 Å². The van der Waals surface area contributed by atoms with E-state index in [0.29, 0.717) is 34.4 Å². The van der Waals surface area contributed by atoms with Crippen LogP contribution in [0.1, 0.15) is 12.0 Å². The molecule has 0 N–H and O–H groups in total. The summed E-state index contributed by atoms with van der Waals surface area (Å²) in [6.45, 7) is 3.30. The zero-order chi connectivity index (χ0) is 22.4. The first-order chi connectivity index (χ1) is 14.9. The van der Waals surface area contributed by atoms with Gasteiger partial charge in [0.1, 0.15) is 27.5 Å². The number of fused-ring (bicyclic) bond motifs is 1. The number of benzene rings is 2. The van der Waals surface area contributed by atoms with Gasteiger partial charge in [0.05, 0.1) is 14.2 Å². The van der Waals surface area contributed by atoms with Crippen molar-refractivity contribution in [1.82, 2.24) is 9.88 Å². The molecule has 1 aromatic heterocycles. The summed E-state index contributed by atoms with van der Waals surface area (Å²) in [6, 6.07) is 11.3. The van der Waals surface area contributed by atoms with Gasteiger partial charge in [0.25, 0.3) is 5.91 Å². The monoisotopic (exact) mass is 443 g/mol. The van der Waals surface area contributed by atoms with Crippen molar-refractivity contribution >= 4 is 32.6 Å². The van der Waals surface area contributed by atoms with Crippen LogP contribution >= 0.6 is 11.3 Å². The zero-order valence-corrected chi connectivity index (χ0v) is 19.5. The minimum atomic E-state index is -0.140. The molecule has 1 heterocycles. The molecule has 0 spiro atoms. The Kier molecular flexibility index (Phi) is 7.70. The number of amides is 1. The van der Waals surface area contributed by atoms with Crippen molar-refractivity contribution in [2.24, 2.45) is 0 Å². The Labute approximate surface area is 187 Å². The minimum absolute atomic E-state index is 0.0585. The molecule has 0 bridgehead atoms. The molecule has 31 heavy (non-hydrogen) atoms. The maximum atomic E-state index is 13.2. The van der Waals surface area contributed by atoms with Crippen LogP contribution in [0.5, 0.6) is 17.2 Å². The molecule has 0 aliphatic heterocycles. The number of aryl methyl sites for hydroxylation is 1. The van der Waals surface area contributed by atoms with E-state index in [0.717, 1.165) is 23.2 Å². The SMILES string of the molecule is COc1ccc(OC)c2sc(N(CCCN(C)C)C(=O)COc3ccccc3C)nc12. The van der Waals surface area contributed by atoms with Crippen LogP contribution in [-0.4, -0.2) is 63.8 Å². The minimum Gasteiger partial charge on any atom is -0.495 e. The Hall–Kier alpha value is -2.84. The largest absolute Gasteiger partial charge is 0.495 e. The van der Waals surface area contributed by atoms with E-state index in [2.05, 4.69) is 4.90 Å². The number of para-hydroxylation sites is 1. The van der Waals surface area contributed by atoms with Crippen LogP contribution in [0.25, 0.3) is 10.2 Å². The summed E-state index contributed by atoms with van der Waals surface area (Å²) in [5.41, 5.74) is 1.68. The second-order valence-electron chi connectivity index (χ2n) is 7.40. The molecule has 1 amide bonds. The molecule has 7 nitrogen and oxygen atoms in total. The highest BCUT2D eigenvalue weighted by Gasteiger charge is 2.23. The van der Waals surface area contributed by atoms with Gasteiger partial charge < -0.3 is 19.1 Å². The quantitative estimate of drug-likeness (QED) is 0.472. The molecule has 0 saturated carbocycles. The number of hydrogen-bond acceptors (Lipinski definition) is 7. The molecule has 3 aromatic rings. The molecule has 0 saturated heterocycles. The van der Waals surface area contributed by atoms with Gasteiger partial charge in [0.15, 0.2) is 11.7 Å². The number of ether oxygens (including phenoxy) is 3. The van der Waals surface area contributed by atoms with Gasteiger partial charge >= 0.3 is 0 Å². The summed E-state index contributed by atoms with van der Waals surface area (Å²) in [5, 5.41) is 0.606. The van der Waals surface area contributed by atoms with Gasteiger partial charge in [-0.1, -0.05) is 29.5 Å². The van der Waals surface area contributed by atoms with Crippen molar-refractivity contribution in [3.05, 3.63) is 42.0 Å². The molecular formula is C23H29N3O4S. The lowest BCUT2D eigenvalue weighted by molar-refractivity contribution is -0.120. The van der Waals surface area contributed by atoms with E-state index in [9.17, 15) is 4.79 Å². The fraction of sp³-hybridized carbons (Fsp3) is 0.391. The Balaban J connectivity index is 1.89. The number of rotatable bonds is 10. The number of aromatic nitrogens is 1. The molecule has 0 atom stereocenters. The predicted molar refractivity (Wildman–Crippen MR) is 125 cm³/mol. The van der Waals surface area contributed by atoms with Crippen molar-refractivity contribution in [1.29, 1.82) is 0 Å². The first kappa shape index (κ1) is 22.8. The Bertz CT molecular complexity index is 994. The van der Waals surface area contributed by atoms with Crippen LogP contribution in [0.4, 0.5) is 5.13 Å². The summed E-state index contributed by atoms with van der Waals surface area (Å²) in [6.07, 6.45) is 0.813. The van der Waals surface area contributed by atoms with Crippen molar-refractivity contribution in [2.45, 2.75) is 13.3 Å². The van der Waals surface area contributed by atoms with Gasteiger partial charge in [-0.2, -0.15) is 0 Å². The topological polar surface area (TPSA) is 64.1 Å². The first-order valence-corrected chi connectivity index (χ1v) is 10.9. The zero-order valence-electron chi connectivity index (χ0n) is 18.7. The fourth-order valence-electron chi connectivity index (χ4n) is 3.20. The van der Waals surface area contributed by atoms with Gasteiger partial charge in [-0.3, -0.25) is 9.69 Å². The normalized spacial score (nSPS) is 11.0. The molecule has 2 aromatic carbocycles. The van der Waals surface area contributed by atoms with Gasteiger partial charge in [-0.25, -0.2) is 4.98 Å². The summed E-state index contributed by atoms with van der Waals surface area (Å²) < 4.78 is 17.6. The van der Waals surface area contributed by atoms with E-state index < -0.39 is 0 Å². The van der Waals surface area contributed by atoms with Gasteiger partial charge in [0.2, 0.25) is 0 Å². The molecule has 3 rings (SSSR count). The number of nitrogens with zero attached hydrogens (tertiary/aromatic N) is 3. The lowest BCUT2D eigenvalue weighted by atomic mass is 10.2. The number of anilines is 1. The fourth-order valence-corrected chi connectivity index (χ4v) is 4.32. The maximum absolute atomic E-state index is 13.2. The van der Waals surface area contributed by atoms with Crippen LogP contribution in [0.15, 0.2) is 36.4 Å². The average Bonchev–Trinajstić information content (AvgIpc) is 3.20. The highest BCUT2D eigenvalue weighted by atomic mass is 32.1. The molecule has 0 aliphatic rings. The molecule has 0 aliphatic carbocycles. The molecule has 8 heteroatoms. The van der Waals surface area contributed by atoms with Crippen LogP contribution in [0.2, 0.25) is 0 Å². The highest BCUT2D eigenvalue weighted by molar-refractivity contribution is 7.22. The molecule has 0 unspecified atom stereocenters. The van der Waals surface area contributed by atoms with E-state index in [-0.39, 0.29) is 12.5 Å². The molecule has 0 fully saturated rings. The summed E-state index contributed by atoms with van der Waals surface area (Å²) in [4.78, 5) is 21.7. The number of thiazole rings is 1. The van der Waals surface area contributed by atoms with Crippen LogP contribution in [-0.2, 0) is 4.79 Å². The third-order valence-electron chi connectivity index (χ3n) is 4.86. The smallest absolute Gasteiger partial charge is 0.266 e. The number of hydrogen-bond donors (Lipinski definition) is 0. The van der Waals surface area contributed by atoms with Gasteiger partial charge in [-0.15, -0.1) is 0 Å². The summed E-state index contributed by atoms with van der Waals surface area (Å²) >= 11 is 1.42. The predicted octanol–water partition coefficient (Wildman–Crippen LogP) is 3.99. The summed E-state index contributed by atoms with van der Waals surface area (Å²) in [7, 11) is 7.26. The highest BCUT2D eigenvalue weighted by Crippen LogP contribution is 2.40. The summed E-state index contributed by atoms with van der Waals surface area (Å²) in [5.74, 6) is 1.92. The van der Waals surface area contributed by atoms with E-state index in [1.165, 1.54) is 11.3 Å². The van der Waals surface area contributed by atoms with Crippen molar-refractivity contribution < 1.29 is 19.0 Å². The van der Waals surface area contributed by atoms with Crippen LogP contribution < -0.4 is 19.1 Å². The van der Waals surface area contributed by atoms with E-state index in [1.54, 1.807) is 19.1 Å². The number of methoxy groups -OCH3 is 2. The van der Waals surface area contributed by atoms with Gasteiger partial charge in [-0.05, 0) is 57.7 Å². The molecule has 166 valence electrons. The molecular weight excluding hydrogens is 414 g/mol. The average molecular weight is 444 g/mol. The van der Waals surface area contributed by atoms with E-state index in [4.69, 9.17) is 19.2 Å². The third-order valence-corrected chi connectivity index (χ3v) is 5.96. The van der Waals surface area contributed by atoms with E-state index in [1.807, 2.05) is 57.4 Å². The maximum Gasteiger partial charge on any atom is 0.266 e. The van der Waals surface area contributed by atoms with Crippen LogP contribution in [0, 0.1) is 6.92 Å². The number of carbonyl (C=O) groups excluding carboxylic acids is 1. The second-order valence-corrected chi connectivity index (χ2v) is 8.38. The standard InChI is InChI=1S/C23H29N3O4S/c1-16-9-6-7-10-17(16)30-15-20(27)26(14-8-13-25(2)3)23-24-21-18(28-4)11-12-19(29-5)22(21)31-23/h6-7,9-12H,8,13-15H2,1-5H3. The lowest BCUT2D eigenvalue weighted by Gasteiger charge is -2.21. The van der Waals surface area contributed by atoms with Gasteiger partial charge in [0, 0.05) is 6.54 Å². The number of carbonyl (C=O) groups is 1. The Morgan fingerprint density at radius 1 is 1.00 bits per heavy atom. The van der Waals surface area contributed by atoms with Crippen LogP contribution in [0.3, 0.4) is 0 Å². The third kappa shape index (κ3) is 5.45. The second kappa shape index (κ2) is 10.5. The Morgan fingerprint density at radius 2 is 1.71 bits per heavy atom. The van der Waals surface area contributed by atoms with Crippen molar-refractivity contribution in [2.75, 3.05) is 52.9 Å².